The van der Waals surface area contributed by atoms with E-state index in [0.717, 1.165) is 42.9 Å². The minimum Gasteiger partial charge on any atom is -0.466 e. The molecule has 0 atom stereocenters. The summed E-state index contributed by atoms with van der Waals surface area (Å²) in [5, 5.41) is 0. The molecule has 0 spiro atoms. The molecule has 0 amide bonds. The fourth-order valence-electron chi connectivity index (χ4n) is 3.05. The number of esters is 1. The zero-order chi connectivity index (χ0) is 19.2. The maximum Gasteiger partial charge on any atom is 0.305 e. The summed E-state index contributed by atoms with van der Waals surface area (Å²) in [5.41, 5.74) is 1.13. The third kappa shape index (κ3) is 9.14. The van der Waals surface area contributed by atoms with Crippen molar-refractivity contribution in [2.45, 2.75) is 77.7 Å². The van der Waals surface area contributed by atoms with Crippen LogP contribution in [-0.2, 0) is 20.9 Å². The summed E-state index contributed by atoms with van der Waals surface area (Å²) < 4.78 is 21.5. The van der Waals surface area contributed by atoms with Crippen molar-refractivity contribution in [2.75, 3.05) is 20.0 Å². The molecule has 1 aliphatic heterocycles. The molecular formula is C22H34O5. The number of rotatable bonds is 15. The Balaban J connectivity index is 1.33. The van der Waals surface area contributed by atoms with Crippen LogP contribution in [0.25, 0.3) is 0 Å². The first-order valence-electron chi connectivity index (χ1n) is 10.4. The highest BCUT2D eigenvalue weighted by atomic mass is 16.7. The van der Waals surface area contributed by atoms with E-state index in [9.17, 15) is 4.79 Å². The topological polar surface area (TPSA) is 54.0 Å². The highest BCUT2D eigenvalue weighted by Crippen LogP contribution is 2.32. The average Bonchev–Trinajstić information content (AvgIpc) is 3.15. The number of fused-ring (bicyclic) bond motifs is 1. The Morgan fingerprint density at radius 1 is 0.889 bits per heavy atom. The Hall–Kier alpha value is -1.75. The largest absolute Gasteiger partial charge is 0.466 e. The summed E-state index contributed by atoms with van der Waals surface area (Å²) in [5.74, 6) is 1.55. The van der Waals surface area contributed by atoms with Gasteiger partial charge in [0, 0.05) is 13.0 Å². The Morgan fingerprint density at radius 3 is 2.22 bits per heavy atom. The van der Waals surface area contributed by atoms with Gasteiger partial charge in [-0.2, -0.15) is 0 Å². The standard InChI is InChI=1S/C22H34O5/c1-2-22(23)25-15-11-9-7-5-3-4-6-8-10-14-24-17-19-12-13-20-21(16-19)27-18-26-20/h12-13,16H,2-11,14-15,17-18H2,1H3. The predicted molar refractivity (Wildman–Crippen MR) is 105 cm³/mol. The number of carbonyl (C=O) groups excluding carboxylic acids is 1. The van der Waals surface area contributed by atoms with Gasteiger partial charge in [-0.1, -0.05) is 57.9 Å². The van der Waals surface area contributed by atoms with Gasteiger partial charge >= 0.3 is 5.97 Å². The fraction of sp³-hybridized carbons (Fsp3) is 0.682. The van der Waals surface area contributed by atoms with E-state index in [1.807, 2.05) is 25.1 Å². The van der Waals surface area contributed by atoms with Gasteiger partial charge in [-0.05, 0) is 30.5 Å². The van der Waals surface area contributed by atoms with Gasteiger partial charge in [0.25, 0.3) is 0 Å². The third-order valence-corrected chi connectivity index (χ3v) is 4.69. The number of ether oxygens (including phenoxy) is 4. The number of hydrogen-bond donors (Lipinski definition) is 0. The van der Waals surface area contributed by atoms with Crippen LogP contribution in [-0.4, -0.2) is 26.0 Å². The van der Waals surface area contributed by atoms with Crippen LogP contribution in [0.5, 0.6) is 11.5 Å². The van der Waals surface area contributed by atoms with E-state index >= 15 is 0 Å². The lowest BCUT2D eigenvalue weighted by Crippen LogP contribution is -2.03. The van der Waals surface area contributed by atoms with Crippen molar-refractivity contribution in [3.05, 3.63) is 23.8 Å². The lowest BCUT2D eigenvalue weighted by Gasteiger charge is -2.06. The van der Waals surface area contributed by atoms with Gasteiger partial charge in [0.15, 0.2) is 11.5 Å². The average molecular weight is 379 g/mol. The first-order valence-corrected chi connectivity index (χ1v) is 10.4. The molecule has 0 fully saturated rings. The second kappa shape index (κ2) is 13.4. The van der Waals surface area contributed by atoms with Crippen LogP contribution in [0.1, 0.15) is 76.7 Å². The van der Waals surface area contributed by atoms with Crippen molar-refractivity contribution in [3.8, 4) is 11.5 Å². The lowest BCUT2D eigenvalue weighted by molar-refractivity contribution is -0.143. The van der Waals surface area contributed by atoms with Gasteiger partial charge in [-0.15, -0.1) is 0 Å². The quantitative estimate of drug-likeness (QED) is 0.302. The summed E-state index contributed by atoms with van der Waals surface area (Å²) in [6.07, 6.45) is 11.4. The Kier molecular flexibility index (Phi) is 10.7. The Labute approximate surface area is 163 Å². The molecule has 1 aromatic carbocycles. The lowest BCUT2D eigenvalue weighted by atomic mass is 10.1. The van der Waals surface area contributed by atoms with Gasteiger partial charge < -0.3 is 18.9 Å². The van der Waals surface area contributed by atoms with Crippen LogP contribution < -0.4 is 9.47 Å². The highest BCUT2D eigenvalue weighted by molar-refractivity contribution is 5.68. The zero-order valence-corrected chi connectivity index (χ0v) is 16.7. The van der Waals surface area contributed by atoms with E-state index in [1.54, 1.807) is 0 Å². The molecule has 0 N–H and O–H groups in total. The Morgan fingerprint density at radius 2 is 1.52 bits per heavy atom. The van der Waals surface area contributed by atoms with Crippen molar-refractivity contribution in [1.82, 2.24) is 0 Å². The minimum atomic E-state index is -0.0881. The molecule has 27 heavy (non-hydrogen) atoms. The predicted octanol–water partition coefficient (Wildman–Crippen LogP) is 5.40. The normalized spacial score (nSPS) is 12.3. The maximum absolute atomic E-state index is 11.0. The molecule has 0 aromatic heterocycles. The molecule has 0 unspecified atom stereocenters. The number of hydrogen-bond acceptors (Lipinski definition) is 5. The number of benzene rings is 1. The number of unbranched alkanes of at least 4 members (excludes halogenated alkanes) is 8. The Bertz CT molecular complexity index is 544. The minimum absolute atomic E-state index is 0.0881. The van der Waals surface area contributed by atoms with Gasteiger partial charge in [0.1, 0.15) is 0 Å². The molecule has 1 aliphatic rings. The summed E-state index contributed by atoms with van der Waals surface area (Å²) >= 11 is 0. The summed E-state index contributed by atoms with van der Waals surface area (Å²) in [4.78, 5) is 11.0. The van der Waals surface area contributed by atoms with Crippen LogP contribution in [0.3, 0.4) is 0 Å². The molecule has 5 nitrogen and oxygen atoms in total. The molecule has 1 heterocycles. The van der Waals surface area contributed by atoms with E-state index < -0.39 is 0 Å². The number of carbonyl (C=O) groups is 1. The molecule has 0 saturated carbocycles. The summed E-state index contributed by atoms with van der Waals surface area (Å²) in [7, 11) is 0. The maximum atomic E-state index is 11.0. The van der Waals surface area contributed by atoms with Crippen LogP contribution in [0.4, 0.5) is 0 Å². The van der Waals surface area contributed by atoms with Crippen LogP contribution in [0, 0.1) is 0 Å². The molecule has 2 rings (SSSR count). The highest BCUT2D eigenvalue weighted by Gasteiger charge is 2.12. The smallest absolute Gasteiger partial charge is 0.305 e. The fourth-order valence-corrected chi connectivity index (χ4v) is 3.05. The van der Waals surface area contributed by atoms with E-state index in [-0.39, 0.29) is 5.97 Å². The van der Waals surface area contributed by atoms with Gasteiger partial charge in [-0.25, -0.2) is 0 Å². The van der Waals surface area contributed by atoms with E-state index in [1.165, 1.54) is 38.5 Å². The molecule has 0 bridgehead atoms. The van der Waals surface area contributed by atoms with Crippen LogP contribution >= 0.6 is 0 Å². The molecule has 5 heteroatoms. The van der Waals surface area contributed by atoms with E-state index in [0.29, 0.717) is 26.4 Å². The van der Waals surface area contributed by atoms with Crippen molar-refractivity contribution < 1.29 is 23.7 Å². The molecule has 0 saturated heterocycles. The van der Waals surface area contributed by atoms with Crippen LogP contribution in [0.15, 0.2) is 18.2 Å². The SMILES string of the molecule is CCC(=O)OCCCCCCCCCCCOCc1ccc2c(c1)OCO2. The summed E-state index contributed by atoms with van der Waals surface area (Å²) in [6.45, 7) is 4.16. The third-order valence-electron chi connectivity index (χ3n) is 4.69. The van der Waals surface area contributed by atoms with Gasteiger partial charge in [0.2, 0.25) is 6.79 Å². The monoisotopic (exact) mass is 378 g/mol. The van der Waals surface area contributed by atoms with Crippen molar-refractivity contribution in [1.29, 1.82) is 0 Å². The molecule has 0 radical (unpaired) electrons. The molecule has 1 aromatic rings. The van der Waals surface area contributed by atoms with E-state index in [4.69, 9.17) is 18.9 Å². The summed E-state index contributed by atoms with van der Waals surface area (Å²) in [6, 6.07) is 5.97. The van der Waals surface area contributed by atoms with Crippen molar-refractivity contribution >= 4 is 5.97 Å². The second-order valence-corrected chi connectivity index (χ2v) is 7.00. The molecular weight excluding hydrogens is 344 g/mol. The molecule has 152 valence electrons. The van der Waals surface area contributed by atoms with Gasteiger partial charge in [0.05, 0.1) is 13.2 Å². The van der Waals surface area contributed by atoms with Crippen molar-refractivity contribution in [3.63, 3.8) is 0 Å². The molecule has 0 aliphatic carbocycles. The first-order chi connectivity index (χ1) is 13.3. The first kappa shape index (κ1) is 21.5. The van der Waals surface area contributed by atoms with Crippen LogP contribution in [0.2, 0.25) is 0 Å². The zero-order valence-electron chi connectivity index (χ0n) is 16.7. The van der Waals surface area contributed by atoms with Gasteiger partial charge in [-0.3, -0.25) is 4.79 Å². The van der Waals surface area contributed by atoms with Crippen molar-refractivity contribution in [2.24, 2.45) is 0 Å². The van der Waals surface area contributed by atoms with E-state index in [2.05, 4.69) is 0 Å². The second-order valence-electron chi connectivity index (χ2n) is 7.00.